The van der Waals surface area contributed by atoms with Gasteiger partial charge >= 0.3 is 6.18 Å². The van der Waals surface area contributed by atoms with E-state index in [0.29, 0.717) is 0 Å². The fourth-order valence-corrected chi connectivity index (χ4v) is 3.28. The Labute approximate surface area is 118 Å². The standard InChI is InChI=1S/C14H14F4N2O/c15-10-4-2-1-3-8(10)13-7-21-12(14(16,17)18)9(13)5-6-11(19)20-13/h1-4,9,12H,5-7H2,(H2,19,20)/t9-,12+,13-/m1/s1. The molecule has 0 unspecified atom stereocenters. The molecule has 114 valence electrons. The van der Waals surface area contributed by atoms with Crippen molar-refractivity contribution in [3.05, 3.63) is 35.6 Å². The van der Waals surface area contributed by atoms with Crippen LogP contribution in [0.4, 0.5) is 17.6 Å². The van der Waals surface area contributed by atoms with Crippen molar-refractivity contribution in [1.29, 1.82) is 0 Å². The minimum absolute atomic E-state index is 0.115. The van der Waals surface area contributed by atoms with Crippen molar-refractivity contribution >= 4 is 5.84 Å². The summed E-state index contributed by atoms with van der Waals surface area (Å²) in [5, 5.41) is 0. The lowest BCUT2D eigenvalue weighted by Gasteiger charge is -2.36. The number of hydrogen-bond acceptors (Lipinski definition) is 3. The molecule has 2 N–H and O–H groups in total. The van der Waals surface area contributed by atoms with E-state index in [0.717, 1.165) is 0 Å². The molecule has 2 aliphatic rings. The summed E-state index contributed by atoms with van der Waals surface area (Å²) in [7, 11) is 0. The number of fused-ring (bicyclic) bond motifs is 1. The smallest absolute Gasteiger partial charge is 0.387 e. The third-order valence-electron chi connectivity index (χ3n) is 4.18. The molecule has 1 saturated heterocycles. The van der Waals surface area contributed by atoms with Crippen molar-refractivity contribution < 1.29 is 22.3 Å². The molecule has 3 rings (SSSR count). The largest absolute Gasteiger partial charge is 0.414 e. The average molecular weight is 302 g/mol. The van der Waals surface area contributed by atoms with Gasteiger partial charge in [0.05, 0.1) is 12.4 Å². The zero-order chi connectivity index (χ0) is 15.3. The van der Waals surface area contributed by atoms with Crippen molar-refractivity contribution in [2.75, 3.05) is 6.61 Å². The lowest BCUT2D eigenvalue weighted by atomic mass is 9.73. The van der Waals surface area contributed by atoms with Crippen LogP contribution in [0, 0.1) is 11.7 Å². The zero-order valence-electron chi connectivity index (χ0n) is 11.0. The van der Waals surface area contributed by atoms with Crippen LogP contribution in [-0.2, 0) is 10.3 Å². The lowest BCUT2D eigenvalue weighted by Crippen LogP contribution is -2.45. The van der Waals surface area contributed by atoms with Gasteiger partial charge in [0.2, 0.25) is 0 Å². The topological polar surface area (TPSA) is 47.6 Å². The maximum Gasteiger partial charge on any atom is 0.414 e. The average Bonchev–Trinajstić information content (AvgIpc) is 2.78. The van der Waals surface area contributed by atoms with Crippen LogP contribution >= 0.6 is 0 Å². The second kappa shape index (κ2) is 4.69. The number of rotatable bonds is 1. The Bertz CT molecular complexity index is 587. The van der Waals surface area contributed by atoms with Crippen LogP contribution in [0.25, 0.3) is 0 Å². The molecule has 2 aliphatic heterocycles. The number of aliphatic imine (C=N–C) groups is 1. The number of nitrogens with two attached hydrogens (primary N) is 1. The Hall–Kier alpha value is -1.63. The minimum Gasteiger partial charge on any atom is -0.387 e. The lowest BCUT2D eigenvalue weighted by molar-refractivity contribution is -0.217. The first-order valence-electron chi connectivity index (χ1n) is 6.62. The summed E-state index contributed by atoms with van der Waals surface area (Å²) < 4.78 is 58.4. The van der Waals surface area contributed by atoms with Gasteiger partial charge in [-0.3, -0.25) is 4.99 Å². The van der Waals surface area contributed by atoms with Crippen molar-refractivity contribution in [3.8, 4) is 0 Å². The van der Waals surface area contributed by atoms with Crippen LogP contribution in [0.1, 0.15) is 18.4 Å². The fourth-order valence-electron chi connectivity index (χ4n) is 3.28. The molecule has 1 aromatic rings. The van der Waals surface area contributed by atoms with E-state index in [4.69, 9.17) is 10.5 Å². The molecule has 2 heterocycles. The van der Waals surface area contributed by atoms with Gasteiger partial charge in [0.25, 0.3) is 0 Å². The first-order chi connectivity index (χ1) is 9.84. The minimum atomic E-state index is -4.50. The second-order valence-electron chi connectivity index (χ2n) is 5.43. The number of ether oxygens (including phenoxy) is 1. The van der Waals surface area contributed by atoms with E-state index in [2.05, 4.69) is 4.99 Å². The summed E-state index contributed by atoms with van der Waals surface area (Å²) in [5.74, 6) is -1.31. The van der Waals surface area contributed by atoms with Gasteiger partial charge in [-0.2, -0.15) is 13.2 Å². The monoisotopic (exact) mass is 302 g/mol. The molecule has 3 atom stereocenters. The summed E-state index contributed by atoms with van der Waals surface area (Å²) in [6.45, 7) is -0.316. The predicted molar refractivity (Wildman–Crippen MR) is 68.2 cm³/mol. The summed E-state index contributed by atoms with van der Waals surface area (Å²) in [4.78, 5) is 4.20. The highest BCUT2D eigenvalue weighted by atomic mass is 19.4. The Kier molecular flexibility index (Phi) is 3.20. The summed E-state index contributed by atoms with van der Waals surface area (Å²) in [6.07, 6.45) is -6.00. The van der Waals surface area contributed by atoms with E-state index in [1.165, 1.54) is 18.2 Å². The molecule has 0 bridgehead atoms. The maximum atomic E-state index is 14.1. The summed E-state index contributed by atoms with van der Waals surface area (Å²) in [6, 6.07) is 5.72. The van der Waals surface area contributed by atoms with Gasteiger partial charge in [0, 0.05) is 17.9 Å². The molecule has 0 aromatic heterocycles. The summed E-state index contributed by atoms with van der Waals surface area (Å²) >= 11 is 0. The molecular formula is C14H14F4N2O. The van der Waals surface area contributed by atoms with Gasteiger partial charge in [0.15, 0.2) is 6.10 Å². The van der Waals surface area contributed by atoms with E-state index in [1.807, 2.05) is 0 Å². The van der Waals surface area contributed by atoms with Crippen molar-refractivity contribution in [3.63, 3.8) is 0 Å². The van der Waals surface area contributed by atoms with Crippen LogP contribution in [0.2, 0.25) is 0 Å². The van der Waals surface area contributed by atoms with Gasteiger partial charge in [-0.05, 0) is 12.5 Å². The molecule has 0 amide bonds. The van der Waals surface area contributed by atoms with Gasteiger partial charge in [-0.25, -0.2) is 4.39 Å². The number of hydrogen-bond donors (Lipinski definition) is 1. The molecule has 7 heteroatoms. The van der Waals surface area contributed by atoms with Crippen LogP contribution in [0.15, 0.2) is 29.3 Å². The molecule has 21 heavy (non-hydrogen) atoms. The third-order valence-corrected chi connectivity index (χ3v) is 4.18. The fraction of sp³-hybridized carbons (Fsp3) is 0.500. The van der Waals surface area contributed by atoms with Crippen molar-refractivity contribution in [2.24, 2.45) is 16.6 Å². The van der Waals surface area contributed by atoms with Gasteiger partial charge in [-0.1, -0.05) is 18.2 Å². The maximum absolute atomic E-state index is 14.1. The van der Waals surface area contributed by atoms with Crippen molar-refractivity contribution in [2.45, 2.75) is 30.7 Å². The molecule has 0 saturated carbocycles. The van der Waals surface area contributed by atoms with E-state index in [9.17, 15) is 17.6 Å². The van der Waals surface area contributed by atoms with Crippen LogP contribution in [-0.4, -0.2) is 24.7 Å². The van der Waals surface area contributed by atoms with Gasteiger partial charge < -0.3 is 10.5 Å². The number of nitrogens with zero attached hydrogens (tertiary/aromatic N) is 1. The number of benzene rings is 1. The number of amidine groups is 1. The molecule has 0 spiro atoms. The van der Waals surface area contributed by atoms with E-state index in [-0.39, 0.29) is 30.8 Å². The SMILES string of the molecule is NC1=N[C@@]2(c3ccccc3F)CO[C@H](C(F)(F)F)[C@H]2CC1. The second-order valence-corrected chi connectivity index (χ2v) is 5.43. The van der Waals surface area contributed by atoms with Gasteiger partial charge in [0.1, 0.15) is 11.4 Å². The van der Waals surface area contributed by atoms with Crippen LogP contribution in [0.5, 0.6) is 0 Å². The molecule has 1 fully saturated rings. The van der Waals surface area contributed by atoms with E-state index >= 15 is 0 Å². The summed E-state index contributed by atoms with van der Waals surface area (Å²) in [5.41, 5.74) is 4.44. The van der Waals surface area contributed by atoms with Gasteiger partial charge in [-0.15, -0.1) is 0 Å². The Balaban J connectivity index is 2.13. The van der Waals surface area contributed by atoms with Crippen LogP contribution < -0.4 is 5.73 Å². The first kappa shape index (κ1) is 14.3. The third kappa shape index (κ3) is 2.19. The highest BCUT2D eigenvalue weighted by Gasteiger charge is 2.61. The predicted octanol–water partition coefficient (Wildman–Crippen LogP) is 2.75. The highest BCUT2D eigenvalue weighted by Crippen LogP contribution is 2.51. The number of alkyl halides is 3. The molecule has 3 nitrogen and oxygen atoms in total. The van der Waals surface area contributed by atoms with Crippen LogP contribution in [0.3, 0.4) is 0 Å². The normalized spacial score (nSPS) is 32.7. The molecule has 0 aliphatic carbocycles. The number of halogens is 4. The van der Waals surface area contributed by atoms with E-state index in [1.54, 1.807) is 6.07 Å². The zero-order valence-corrected chi connectivity index (χ0v) is 11.0. The van der Waals surface area contributed by atoms with Crippen molar-refractivity contribution in [1.82, 2.24) is 0 Å². The Morgan fingerprint density at radius 2 is 2.00 bits per heavy atom. The molecule has 0 radical (unpaired) electrons. The Morgan fingerprint density at radius 1 is 1.29 bits per heavy atom. The quantitative estimate of drug-likeness (QED) is 0.811. The molecular weight excluding hydrogens is 288 g/mol. The molecule has 1 aromatic carbocycles. The Morgan fingerprint density at radius 3 is 2.67 bits per heavy atom. The first-order valence-corrected chi connectivity index (χ1v) is 6.62. The highest BCUT2D eigenvalue weighted by molar-refractivity contribution is 5.81. The van der Waals surface area contributed by atoms with E-state index < -0.39 is 29.6 Å².